The Labute approximate surface area is 79.7 Å². The Morgan fingerprint density at radius 2 is 2.08 bits per heavy atom. The highest BCUT2D eigenvalue weighted by Crippen LogP contribution is 2.08. The van der Waals surface area contributed by atoms with E-state index in [0.717, 1.165) is 24.0 Å². The minimum Gasteiger partial charge on any atom is -0.302 e. The number of nitrogens with one attached hydrogen (secondary N) is 1. The molecule has 12 heavy (non-hydrogen) atoms. The summed E-state index contributed by atoms with van der Waals surface area (Å²) in [7, 11) is 0. The third kappa shape index (κ3) is 6.51. The Morgan fingerprint density at radius 1 is 1.42 bits per heavy atom. The summed E-state index contributed by atoms with van der Waals surface area (Å²) in [5.41, 5.74) is 0. The Bertz CT molecular complexity index is 140. The third-order valence-electron chi connectivity index (χ3n) is 1.34. The topological polar surface area (TPSA) is 35.8 Å². The van der Waals surface area contributed by atoms with Gasteiger partial charge in [-0.3, -0.25) is 0 Å². The summed E-state index contributed by atoms with van der Waals surface area (Å²) in [6, 6.07) is 2.27. The van der Waals surface area contributed by atoms with Gasteiger partial charge in [0.15, 0.2) is 0 Å². The van der Waals surface area contributed by atoms with Crippen molar-refractivity contribution in [2.75, 3.05) is 18.1 Å². The van der Waals surface area contributed by atoms with Crippen molar-refractivity contribution in [3.8, 4) is 6.07 Å². The van der Waals surface area contributed by atoms with Crippen LogP contribution in [-0.2, 0) is 0 Å². The number of nitrogens with zero attached hydrogens (tertiary/aromatic N) is 1. The van der Waals surface area contributed by atoms with Gasteiger partial charge in [-0.1, -0.05) is 20.8 Å². The second kappa shape index (κ2) is 7.45. The van der Waals surface area contributed by atoms with Crippen molar-refractivity contribution in [2.24, 2.45) is 5.92 Å². The number of hydrogen-bond donors (Lipinski definition) is 1. The minimum absolute atomic E-state index is 0.0266. The van der Waals surface area contributed by atoms with Crippen molar-refractivity contribution in [3.05, 3.63) is 0 Å². The first-order valence-electron chi connectivity index (χ1n) is 4.41. The average molecular weight is 186 g/mol. The molecule has 0 aromatic heterocycles. The lowest BCUT2D eigenvalue weighted by molar-refractivity contribution is 0.675. The van der Waals surface area contributed by atoms with Crippen LogP contribution >= 0.6 is 11.8 Å². The van der Waals surface area contributed by atoms with E-state index in [9.17, 15) is 0 Å². The fourth-order valence-electron chi connectivity index (χ4n) is 0.810. The molecule has 2 nitrogen and oxygen atoms in total. The van der Waals surface area contributed by atoms with Crippen molar-refractivity contribution in [2.45, 2.75) is 26.8 Å². The zero-order chi connectivity index (χ0) is 9.40. The lowest BCUT2D eigenvalue weighted by Gasteiger charge is -2.09. The van der Waals surface area contributed by atoms with Gasteiger partial charge in [-0.05, 0) is 18.2 Å². The van der Waals surface area contributed by atoms with Gasteiger partial charge in [0, 0.05) is 5.75 Å². The van der Waals surface area contributed by atoms with Gasteiger partial charge in [0.1, 0.15) is 6.04 Å². The molecule has 0 saturated heterocycles. The predicted molar refractivity (Wildman–Crippen MR) is 55.2 cm³/mol. The monoisotopic (exact) mass is 186 g/mol. The molecule has 1 N–H and O–H groups in total. The molecule has 1 unspecified atom stereocenters. The maximum absolute atomic E-state index is 8.70. The van der Waals surface area contributed by atoms with Crippen LogP contribution in [0.25, 0.3) is 0 Å². The molecule has 3 heteroatoms. The second-order valence-corrected chi connectivity index (χ2v) is 4.25. The van der Waals surface area contributed by atoms with Crippen LogP contribution in [-0.4, -0.2) is 24.1 Å². The van der Waals surface area contributed by atoms with E-state index >= 15 is 0 Å². The molecule has 0 aliphatic carbocycles. The highest BCUT2D eigenvalue weighted by atomic mass is 32.2. The molecule has 0 heterocycles. The fraction of sp³-hybridized carbons (Fsp3) is 0.889. The fourth-order valence-corrected chi connectivity index (χ4v) is 1.85. The first-order chi connectivity index (χ1) is 5.70. The summed E-state index contributed by atoms with van der Waals surface area (Å²) < 4.78 is 0. The van der Waals surface area contributed by atoms with Crippen molar-refractivity contribution >= 4 is 11.8 Å². The van der Waals surface area contributed by atoms with Gasteiger partial charge >= 0.3 is 0 Å². The molecule has 0 radical (unpaired) electrons. The molecule has 0 spiro atoms. The van der Waals surface area contributed by atoms with Crippen molar-refractivity contribution in [1.29, 1.82) is 5.26 Å². The highest BCUT2D eigenvalue weighted by Gasteiger charge is 2.04. The van der Waals surface area contributed by atoms with Crippen LogP contribution in [0.1, 0.15) is 20.8 Å². The van der Waals surface area contributed by atoms with Gasteiger partial charge in [0.2, 0.25) is 0 Å². The lowest BCUT2D eigenvalue weighted by atomic mass is 10.3. The van der Waals surface area contributed by atoms with Gasteiger partial charge in [-0.15, -0.1) is 0 Å². The molecule has 0 rings (SSSR count). The van der Waals surface area contributed by atoms with E-state index in [-0.39, 0.29) is 6.04 Å². The molecule has 0 fully saturated rings. The van der Waals surface area contributed by atoms with Crippen LogP contribution in [0.2, 0.25) is 0 Å². The van der Waals surface area contributed by atoms with Gasteiger partial charge in [0.25, 0.3) is 0 Å². The molecule has 0 saturated carbocycles. The third-order valence-corrected chi connectivity index (χ3v) is 2.81. The quantitative estimate of drug-likeness (QED) is 0.688. The number of nitriles is 1. The van der Waals surface area contributed by atoms with Crippen LogP contribution in [0.3, 0.4) is 0 Å². The molecule has 0 aliphatic heterocycles. The van der Waals surface area contributed by atoms with Gasteiger partial charge in [0.05, 0.1) is 6.07 Å². The van der Waals surface area contributed by atoms with Crippen LogP contribution in [0, 0.1) is 17.2 Å². The largest absolute Gasteiger partial charge is 0.302 e. The summed E-state index contributed by atoms with van der Waals surface area (Å²) >= 11 is 1.85. The van der Waals surface area contributed by atoms with Gasteiger partial charge in [-0.25, -0.2) is 0 Å². The van der Waals surface area contributed by atoms with Crippen molar-refractivity contribution < 1.29 is 0 Å². The Kier molecular flexibility index (Phi) is 7.33. The van der Waals surface area contributed by atoms with E-state index in [2.05, 4.69) is 25.2 Å². The maximum atomic E-state index is 8.70. The highest BCUT2D eigenvalue weighted by molar-refractivity contribution is 7.99. The standard InChI is InChI=1S/C9H18N2S/c1-4-11-9(5-10)7-12-6-8(2)3/h8-9,11H,4,6-7H2,1-3H3. The summed E-state index contributed by atoms with van der Waals surface area (Å²) in [6.07, 6.45) is 0. The summed E-state index contributed by atoms with van der Waals surface area (Å²) in [5, 5.41) is 11.8. The molecule has 0 aromatic carbocycles. The predicted octanol–water partition coefficient (Wildman–Crippen LogP) is 1.88. The summed E-state index contributed by atoms with van der Waals surface area (Å²) in [5.74, 6) is 2.77. The van der Waals surface area contributed by atoms with Gasteiger partial charge < -0.3 is 5.32 Å². The average Bonchev–Trinajstić information content (AvgIpc) is 2.02. The van der Waals surface area contributed by atoms with Gasteiger partial charge in [-0.2, -0.15) is 17.0 Å². The van der Waals surface area contributed by atoms with Crippen molar-refractivity contribution in [1.82, 2.24) is 5.32 Å². The maximum Gasteiger partial charge on any atom is 0.104 e. The Morgan fingerprint density at radius 3 is 2.50 bits per heavy atom. The summed E-state index contributed by atoms with van der Waals surface area (Å²) in [4.78, 5) is 0. The van der Waals surface area contributed by atoms with E-state index in [4.69, 9.17) is 5.26 Å². The molecule has 0 aromatic rings. The van der Waals surface area contributed by atoms with E-state index in [1.54, 1.807) is 0 Å². The molecule has 70 valence electrons. The molecular weight excluding hydrogens is 168 g/mol. The first kappa shape index (κ1) is 11.8. The molecule has 0 aliphatic rings. The first-order valence-corrected chi connectivity index (χ1v) is 5.56. The van der Waals surface area contributed by atoms with Crippen LogP contribution in [0.4, 0.5) is 0 Å². The smallest absolute Gasteiger partial charge is 0.104 e. The van der Waals surface area contributed by atoms with Crippen LogP contribution < -0.4 is 5.32 Å². The second-order valence-electron chi connectivity index (χ2n) is 3.17. The van der Waals surface area contributed by atoms with Crippen molar-refractivity contribution in [3.63, 3.8) is 0 Å². The number of rotatable bonds is 6. The molecule has 1 atom stereocenters. The van der Waals surface area contributed by atoms with Crippen LogP contribution in [0.15, 0.2) is 0 Å². The van der Waals surface area contributed by atoms with E-state index < -0.39 is 0 Å². The van der Waals surface area contributed by atoms with E-state index in [1.807, 2.05) is 18.7 Å². The molecule has 0 bridgehead atoms. The summed E-state index contributed by atoms with van der Waals surface area (Å²) in [6.45, 7) is 7.29. The van der Waals surface area contributed by atoms with Crippen LogP contribution in [0.5, 0.6) is 0 Å². The Hall–Kier alpha value is -0.200. The number of thioether (sulfide) groups is 1. The molecule has 0 amide bonds. The SMILES string of the molecule is CCNC(C#N)CSCC(C)C. The zero-order valence-electron chi connectivity index (χ0n) is 8.13. The zero-order valence-corrected chi connectivity index (χ0v) is 8.95. The minimum atomic E-state index is 0.0266. The lowest BCUT2D eigenvalue weighted by Crippen LogP contribution is -2.29. The van der Waals surface area contributed by atoms with E-state index in [1.165, 1.54) is 0 Å². The van der Waals surface area contributed by atoms with E-state index in [0.29, 0.717) is 0 Å². The normalized spacial score (nSPS) is 12.9. The molecular formula is C9H18N2S. The number of hydrogen-bond acceptors (Lipinski definition) is 3. The Balaban J connectivity index is 3.40.